The molecule has 3 rings (SSSR count). The van der Waals surface area contributed by atoms with Crippen LogP contribution in [0.3, 0.4) is 0 Å². The number of nitrogens with two attached hydrogens (primary N) is 1. The first-order valence-electron chi connectivity index (χ1n) is 7.27. The third-order valence-electron chi connectivity index (χ3n) is 3.69. The Balaban J connectivity index is 2.07. The Hall–Kier alpha value is -1.71. The van der Waals surface area contributed by atoms with Gasteiger partial charge in [-0.1, -0.05) is 23.7 Å². The average molecular weight is 303 g/mol. The van der Waals surface area contributed by atoms with Crippen molar-refractivity contribution in [2.45, 2.75) is 12.8 Å². The summed E-state index contributed by atoms with van der Waals surface area (Å²) in [4.78, 5) is 2.31. The summed E-state index contributed by atoms with van der Waals surface area (Å²) in [5.41, 5.74) is 9.21. The van der Waals surface area contributed by atoms with Gasteiger partial charge in [-0.15, -0.1) is 0 Å². The minimum atomic E-state index is 0.610. The van der Waals surface area contributed by atoms with E-state index in [1.54, 1.807) is 0 Å². The molecule has 1 aliphatic heterocycles. The fourth-order valence-electron chi connectivity index (χ4n) is 2.75. The largest absolute Gasteiger partial charge is 0.491 e. The maximum absolute atomic E-state index is 6.14. The highest BCUT2D eigenvalue weighted by atomic mass is 35.5. The highest BCUT2D eigenvalue weighted by Gasteiger charge is 2.19. The van der Waals surface area contributed by atoms with E-state index in [4.69, 9.17) is 22.1 Å². The van der Waals surface area contributed by atoms with Gasteiger partial charge in [0.05, 0.1) is 12.3 Å². The lowest BCUT2D eigenvalue weighted by molar-refractivity contribution is 0.322. The smallest absolute Gasteiger partial charge is 0.142 e. The van der Waals surface area contributed by atoms with Crippen molar-refractivity contribution in [1.29, 1.82) is 0 Å². The van der Waals surface area contributed by atoms with Crippen molar-refractivity contribution in [3.05, 3.63) is 53.1 Å². The quantitative estimate of drug-likeness (QED) is 0.938. The van der Waals surface area contributed by atoms with Gasteiger partial charge >= 0.3 is 0 Å². The van der Waals surface area contributed by atoms with Crippen molar-refractivity contribution in [2.24, 2.45) is 5.73 Å². The third-order valence-corrected chi connectivity index (χ3v) is 3.92. The van der Waals surface area contributed by atoms with Crippen LogP contribution < -0.4 is 15.4 Å². The van der Waals surface area contributed by atoms with Crippen molar-refractivity contribution in [3.8, 4) is 5.75 Å². The zero-order valence-electron chi connectivity index (χ0n) is 11.9. The SMILES string of the molecule is NCCc1cc(Cl)ccc1N1CCCOc2ccccc21. The summed E-state index contributed by atoms with van der Waals surface area (Å²) in [6, 6.07) is 14.2. The zero-order valence-corrected chi connectivity index (χ0v) is 12.6. The van der Waals surface area contributed by atoms with Gasteiger partial charge in [0.1, 0.15) is 5.75 Å². The van der Waals surface area contributed by atoms with Crippen molar-refractivity contribution in [3.63, 3.8) is 0 Å². The molecule has 2 aromatic carbocycles. The van der Waals surface area contributed by atoms with E-state index >= 15 is 0 Å². The second-order valence-electron chi connectivity index (χ2n) is 5.13. The van der Waals surface area contributed by atoms with Crippen LogP contribution in [-0.4, -0.2) is 19.7 Å². The number of para-hydroxylation sites is 2. The third kappa shape index (κ3) is 2.99. The fraction of sp³-hybridized carbons (Fsp3) is 0.294. The molecular weight excluding hydrogens is 284 g/mol. The number of rotatable bonds is 3. The van der Waals surface area contributed by atoms with Crippen LogP contribution in [0.1, 0.15) is 12.0 Å². The van der Waals surface area contributed by atoms with E-state index in [1.165, 1.54) is 11.3 Å². The van der Waals surface area contributed by atoms with Gasteiger partial charge in [0.15, 0.2) is 0 Å². The minimum Gasteiger partial charge on any atom is -0.491 e. The summed E-state index contributed by atoms with van der Waals surface area (Å²) >= 11 is 6.14. The molecular formula is C17H19ClN2O. The Labute approximate surface area is 130 Å². The van der Waals surface area contributed by atoms with Gasteiger partial charge in [0, 0.05) is 17.3 Å². The first-order valence-corrected chi connectivity index (χ1v) is 7.65. The predicted octanol–water partition coefficient (Wildman–Crippen LogP) is 3.76. The molecule has 4 heteroatoms. The molecule has 1 heterocycles. The summed E-state index contributed by atoms with van der Waals surface area (Å²) in [6.07, 6.45) is 1.80. The molecule has 0 spiro atoms. The van der Waals surface area contributed by atoms with Gasteiger partial charge in [0.2, 0.25) is 0 Å². The van der Waals surface area contributed by atoms with Crippen molar-refractivity contribution in [2.75, 3.05) is 24.6 Å². The van der Waals surface area contributed by atoms with Gasteiger partial charge in [-0.25, -0.2) is 0 Å². The molecule has 0 bridgehead atoms. The normalized spacial score (nSPS) is 14.3. The first-order chi connectivity index (χ1) is 10.3. The van der Waals surface area contributed by atoms with Crippen LogP contribution in [0, 0.1) is 0 Å². The molecule has 3 nitrogen and oxygen atoms in total. The summed E-state index contributed by atoms with van der Waals surface area (Å²) in [5.74, 6) is 0.934. The van der Waals surface area contributed by atoms with Crippen LogP contribution in [-0.2, 0) is 6.42 Å². The first kappa shape index (κ1) is 14.2. The van der Waals surface area contributed by atoms with E-state index < -0.39 is 0 Å². The van der Waals surface area contributed by atoms with Gasteiger partial charge < -0.3 is 15.4 Å². The van der Waals surface area contributed by atoms with Crippen molar-refractivity contribution >= 4 is 23.0 Å². The summed E-state index contributed by atoms with van der Waals surface area (Å²) < 4.78 is 5.83. The number of hydrogen-bond acceptors (Lipinski definition) is 3. The molecule has 0 aromatic heterocycles. The van der Waals surface area contributed by atoms with Crippen LogP contribution in [0.15, 0.2) is 42.5 Å². The topological polar surface area (TPSA) is 38.5 Å². The number of benzene rings is 2. The maximum Gasteiger partial charge on any atom is 0.142 e. The highest BCUT2D eigenvalue weighted by molar-refractivity contribution is 6.30. The molecule has 0 saturated heterocycles. The van der Waals surface area contributed by atoms with E-state index in [0.29, 0.717) is 6.54 Å². The molecule has 110 valence electrons. The zero-order chi connectivity index (χ0) is 14.7. The molecule has 21 heavy (non-hydrogen) atoms. The summed E-state index contributed by atoms with van der Waals surface area (Å²) in [5, 5.41) is 0.751. The molecule has 2 aromatic rings. The average Bonchev–Trinajstić information content (AvgIpc) is 2.70. The Kier molecular flexibility index (Phi) is 4.32. The summed E-state index contributed by atoms with van der Waals surface area (Å²) in [7, 11) is 0. The fourth-order valence-corrected chi connectivity index (χ4v) is 2.95. The highest BCUT2D eigenvalue weighted by Crippen LogP contribution is 2.38. The molecule has 0 radical (unpaired) electrons. The second-order valence-corrected chi connectivity index (χ2v) is 5.57. The molecule has 0 aliphatic carbocycles. The predicted molar refractivity (Wildman–Crippen MR) is 87.8 cm³/mol. The molecule has 1 aliphatic rings. The molecule has 0 amide bonds. The van der Waals surface area contributed by atoms with Gasteiger partial charge in [-0.3, -0.25) is 0 Å². The lowest BCUT2D eigenvalue weighted by Crippen LogP contribution is -2.20. The minimum absolute atomic E-state index is 0.610. The van der Waals surface area contributed by atoms with Gasteiger partial charge in [-0.05, 0) is 55.3 Å². The molecule has 0 unspecified atom stereocenters. The molecule has 0 fully saturated rings. The Morgan fingerprint density at radius 2 is 2.00 bits per heavy atom. The Bertz CT molecular complexity index is 630. The van der Waals surface area contributed by atoms with E-state index in [0.717, 1.165) is 42.5 Å². The lowest BCUT2D eigenvalue weighted by atomic mass is 10.1. The van der Waals surface area contributed by atoms with Crippen LogP contribution in [0.4, 0.5) is 11.4 Å². The van der Waals surface area contributed by atoms with Crippen LogP contribution in [0.5, 0.6) is 5.75 Å². The summed E-state index contributed by atoms with van der Waals surface area (Å²) in [6.45, 7) is 2.28. The van der Waals surface area contributed by atoms with Gasteiger partial charge in [0.25, 0.3) is 0 Å². The van der Waals surface area contributed by atoms with Crippen LogP contribution in [0.25, 0.3) is 0 Å². The monoisotopic (exact) mass is 302 g/mol. The molecule has 2 N–H and O–H groups in total. The number of ether oxygens (including phenoxy) is 1. The van der Waals surface area contributed by atoms with Crippen molar-refractivity contribution < 1.29 is 4.74 Å². The Morgan fingerprint density at radius 1 is 1.14 bits per heavy atom. The van der Waals surface area contributed by atoms with Gasteiger partial charge in [-0.2, -0.15) is 0 Å². The van der Waals surface area contributed by atoms with E-state index in [2.05, 4.69) is 17.0 Å². The number of halogens is 1. The maximum atomic E-state index is 6.14. The lowest BCUT2D eigenvalue weighted by Gasteiger charge is -2.26. The Morgan fingerprint density at radius 3 is 2.86 bits per heavy atom. The second kappa shape index (κ2) is 6.37. The van der Waals surface area contributed by atoms with Crippen LogP contribution in [0.2, 0.25) is 5.02 Å². The number of hydrogen-bond donors (Lipinski definition) is 1. The number of fused-ring (bicyclic) bond motifs is 1. The van der Waals surface area contributed by atoms with Crippen LogP contribution >= 0.6 is 11.6 Å². The van der Waals surface area contributed by atoms with E-state index in [1.807, 2.05) is 30.3 Å². The van der Waals surface area contributed by atoms with E-state index in [-0.39, 0.29) is 0 Å². The number of anilines is 2. The van der Waals surface area contributed by atoms with E-state index in [9.17, 15) is 0 Å². The molecule has 0 atom stereocenters. The molecule has 0 saturated carbocycles. The number of nitrogens with zero attached hydrogens (tertiary/aromatic N) is 1. The van der Waals surface area contributed by atoms with Crippen molar-refractivity contribution in [1.82, 2.24) is 0 Å². The standard InChI is InChI=1S/C17H19ClN2O/c18-14-6-7-15(13(12-14)8-9-19)20-10-3-11-21-17-5-2-1-4-16(17)20/h1-2,4-7,12H,3,8-11,19H2.